The number of ether oxygens (including phenoxy) is 2. The van der Waals surface area contributed by atoms with Crippen molar-refractivity contribution in [3.05, 3.63) is 47.5 Å². The number of fused-ring (bicyclic) bond motifs is 1. The Kier molecular flexibility index (Phi) is 7.49. The molecular formula is C16H21ClO2. The third-order valence-corrected chi connectivity index (χ3v) is 2.87. The third-order valence-electron chi connectivity index (χ3n) is 2.54. The predicted molar refractivity (Wildman–Crippen MR) is 81.7 cm³/mol. The van der Waals surface area contributed by atoms with Gasteiger partial charge in [0.05, 0.1) is 0 Å². The van der Waals surface area contributed by atoms with Gasteiger partial charge in [0.1, 0.15) is 0 Å². The highest BCUT2D eigenvalue weighted by Gasteiger charge is 1.95. The lowest BCUT2D eigenvalue weighted by Crippen LogP contribution is -2.11. The van der Waals surface area contributed by atoms with Gasteiger partial charge in [-0.1, -0.05) is 48.0 Å². The average molecular weight is 281 g/mol. The van der Waals surface area contributed by atoms with Gasteiger partial charge in [0.2, 0.25) is 0 Å². The van der Waals surface area contributed by atoms with Crippen LogP contribution in [0.15, 0.2) is 42.5 Å². The molecule has 104 valence electrons. The predicted octanol–water partition coefficient (Wildman–Crippen LogP) is 4.90. The summed E-state index contributed by atoms with van der Waals surface area (Å²) in [5.41, 5.74) is 0. The first-order valence-corrected chi connectivity index (χ1v) is 6.93. The molecule has 0 aliphatic carbocycles. The molecule has 0 unspecified atom stereocenters. The van der Waals surface area contributed by atoms with E-state index >= 15 is 0 Å². The maximum Gasteiger partial charge on any atom is 0.154 e. The molecule has 0 fully saturated rings. The van der Waals surface area contributed by atoms with E-state index in [4.69, 9.17) is 21.1 Å². The molecule has 2 aromatic carbocycles. The summed E-state index contributed by atoms with van der Waals surface area (Å²) in [6.45, 7) is 7.25. The van der Waals surface area contributed by atoms with Gasteiger partial charge in [-0.2, -0.15) is 0 Å². The van der Waals surface area contributed by atoms with Gasteiger partial charge in [0.25, 0.3) is 0 Å². The van der Waals surface area contributed by atoms with Crippen LogP contribution in [0.1, 0.15) is 20.8 Å². The van der Waals surface area contributed by atoms with Crippen LogP contribution in [0, 0.1) is 0 Å². The van der Waals surface area contributed by atoms with Crippen LogP contribution < -0.4 is 0 Å². The van der Waals surface area contributed by atoms with Crippen LogP contribution in [0.5, 0.6) is 0 Å². The molecule has 0 aromatic heterocycles. The molecule has 0 saturated carbocycles. The second-order valence-electron chi connectivity index (χ2n) is 3.94. The minimum Gasteiger partial charge on any atom is -0.353 e. The zero-order chi connectivity index (χ0) is 14.1. The van der Waals surface area contributed by atoms with Gasteiger partial charge in [-0.25, -0.2) is 0 Å². The molecule has 2 aromatic rings. The van der Waals surface area contributed by atoms with E-state index in [0.29, 0.717) is 0 Å². The summed E-state index contributed by atoms with van der Waals surface area (Å²) in [7, 11) is 0. The molecule has 3 heteroatoms. The van der Waals surface area contributed by atoms with Gasteiger partial charge in [-0.3, -0.25) is 0 Å². The van der Waals surface area contributed by atoms with E-state index in [9.17, 15) is 0 Å². The van der Waals surface area contributed by atoms with E-state index in [1.54, 1.807) is 0 Å². The summed E-state index contributed by atoms with van der Waals surface area (Å²) in [6, 6.07) is 14.0. The zero-order valence-electron chi connectivity index (χ0n) is 11.7. The van der Waals surface area contributed by atoms with Crippen molar-refractivity contribution in [2.75, 3.05) is 13.2 Å². The standard InChI is InChI=1S/C10H7Cl.C6H14O2/c11-10-7-3-5-8-4-1-2-6-9(8)10;1-4-7-6(3)8-5-2/h1-7H;6H,4-5H2,1-3H3. The minimum absolute atomic E-state index is 0.0370. The monoisotopic (exact) mass is 280 g/mol. The first-order chi connectivity index (χ1) is 9.19. The normalized spacial score (nSPS) is 10.4. The number of hydrogen-bond donors (Lipinski definition) is 0. The topological polar surface area (TPSA) is 18.5 Å². The molecule has 0 amide bonds. The molecule has 0 N–H and O–H groups in total. The Morgan fingerprint density at radius 2 is 1.53 bits per heavy atom. The van der Waals surface area contributed by atoms with E-state index < -0.39 is 0 Å². The van der Waals surface area contributed by atoms with Gasteiger partial charge in [0.15, 0.2) is 6.29 Å². The molecule has 0 heterocycles. The van der Waals surface area contributed by atoms with Crippen molar-refractivity contribution in [1.29, 1.82) is 0 Å². The summed E-state index contributed by atoms with van der Waals surface area (Å²) in [6.07, 6.45) is -0.0370. The van der Waals surface area contributed by atoms with Crippen molar-refractivity contribution in [2.24, 2.45) is 0 Å². The van der Waals surface area contributed by atoms with Gasteiger partial charge >= 0.3 is 0 Å². The average Bonchev–Trinajstić information content (AvgIpc) is 2.41. The summed E-state index contributed by atoms with van der Waals surface area (Å²) < 4.78 is 10.1. The Balaban J connectivity index is 0.000000203. The summed E-state index contributed by atoms with van der Waals surface area (Å²) in [5, 5.41) is 3.14. The van der Waals surface area contributed by atoms with Crippen LogP contribution in [-0.2, 0) is 9.47 Å². The molecule has 0 aliphatic heterocycles. The van der Waals surface area contributed by atoms with Gasteiger partial charge in [-0.15, -0.1) is 0 Å². The van der Waals surface area contributed by atoms with E-state index in [2.05, 4.69) is 12.1 Å². The Labute approximate surface area is 120 Å². The lowest BCUT2D eigenvalue weighted by atomic mass is 10.1. The lowest BCUT2D eigenvalue weighted by Gasteiger charge is -2.09. The molecule has 2 nitrogen and oxygen atoms in total. The van der Waals surface area contributed by atoms with Crippen molar-refractivity contribution in [1.82, 2.24) is 0 Å². The minimum atomic E-state index is -0.0370. The molecular weight excluding hydrogens is 260 g/mol. The van der Waals surface area contributed by atoms with Crippen LogP contribution in [0.3, 0.4) is 0 Å². The van der Waals surface area contributed by atoms with Crippen LogP contribution in [0.4, 0.5) is 0 Å². The van der Waals surface area contributed by atoms with Gasteiger partial charge in [0, 0.05) is 23.6 Å². The highest BCUT2D eigenvalue weighted by Crippen LogP contribution is 2.21. The van der Waals surface area contributed by atoms with Crippen molar-refractivity contribution >= 4 is 22.4 Å². The highest BCUT2D eigenvalue weighted by molar-refractivity contribution is 6.35. The van der Waals surface area contributed by atoms with Crippen LogP contribution in [0.2, 0.25) is 5.02 Å². The first kappa shape index (κ1) is 16.0. The fraction of sp³-hybridized carbons (Fsp3) is 0.375. The smallest absolute Gasteiger partial charge is 0.154 e. The SMILES string of the molecule is CCOC(C)OCC.Clc1cccc2ccccc12. The number of hydrogen-bond acceptors (Lipinski definition) is 2. The van der Waals surface area contributed by atoms with Crippen molar-refractivity contribution in [2.45, 2.75) is 27.1 Å². The fourth-order valence-electron chi connectivity index (χ4n) is 1.70. The molecule has 19 heavy (non-hydrogen) atoms. The number of halogens is 1. The maximum absolute atomic E-state index is 5.96. The Hall–Kier alpha value is -1.09. The van der Waals surface area contributed by atoms with E-state index in [1.807, 2.05) is 51.1 Å². The molecule has 0 saturated heterocycles. The molecule has 2 rings (SSSR count). The molecule has 0 atom stereocenters. The second-order valence-corrected chi connectivity index (χ2v) is 4.35. The van der Waals surface area contributed by atoms with Crippen molar-refractivity contribution in [3.8, 4) is 0 Å². The van der Waals surface area contributed by atoms with E-state index in [0.717, 1.165) is 23.6 Å². The lowest BCUT2D eigenvalue weighted by molar-refractivity contribution is -0.123. The number of rotatable bonds is 4. The molecule has 0 radical (unpaired) electrons. The Morgan fingerprint density at radius 3 is 2.11 bits per heavy atom. The third kappa shape index (κ3) is 5.60. The van der Waals surface area contributed by atoms with E-state index in [1.165, 1.54) is 5.39 Å². The van der Waals surface area contributed by atoms with Crippen molar-refractivity contribution in [3.63, 3.8) is 0 Å². The zero-order valence-corrected chi connectivity index (χ0v) is 12.5. The van der Waals surface area contributed by atoms with Gasteiger partial charge < -0.3 is 9.47 Å². The molecule has 0 bridgehead atoms. The summed E-state index contributed by atoms with van der Waals surface area (Å²) in [5.74, 6) is 0. The van der Waals surface area contributed by atoms with Crippen LogP contribution >= 0.6 is 11.6 Å². The summed E-state index contributed by atoms with van der Waals surface area (Å²) >= 11 is 5.96. The van der Waals surface area contributed by atoms with Gasteiger partial charge in [-0.05, 0) is 32.2 Å². The van der Waals surface area contributed by atoms with Crippen LogP contribution in [-0.4, -0.2) is 19.5 Å². The fourth-order valence-corrected chi connectivity index (χ4v) is 1.95. The largest absolute Gasteiger partial charge is 0.353 e. The molecule has 0 aliphatic rings. The Morgan fingerprint density at radius 1 is 0.947 bits per heavy atom. The van der Waals surface area contributed by atoms with Crippen molar-refractivity contribution < 1.29 is 9.47 Å². The van der Waals surface area contributed by atoms with Crippen LogP contribution in [0.25, 0.3) is 10.8 Å². The highest BCUT2D eigenvalue weighted by atomic mass is 35.5. The quantitative estimate of drug-likeness (QED) is 0.742. The molecule has 0 spiro atoms. The number of benzene rings is 2. The first-order valence-electron chi connectivity index (χ1n) is 6.55. The van der Waals surface area contributed by atoms with E-state index in [-0.39, 0.29) is 6.29 Å². The Bertz CT molecular complexity index is 474. The summed E-state index contributed by atoms with van der Waals surface area (Å²) in [4.78, 5) is 0. The maximum atomic E-state index is 5.96. The second kappa shape index (κ2) is 8.92.